The fourth-order valence-electron chi connectivity index (χ4n) is 2.70. The van der Waals surface area contributed by atoms with Crippen molar-refractivity contribution >= 4 is 17.5 Å². The summed E-state index contributed by atoms with van der Waals surface area (Å²) < 4.78 is 5.54. The molecular weight excluding hydrogens is 320 g/mol. The smallest absolute Gasteiger partial charge is 0.257 e. The molecule has 1 fully saturated rings. The van der Waals surface area contributed by atoms with Crippen molar-refractivity contribution in [1.82, 2.24) is 14.9 Å². The lowest BCUT2D eigenvalue weighted by Crippen LogP contribution is -2.50. The van der Waals surface area contributed by atoms with Gasteiger partial charge in [0.1, 0.15) is 5.82 Å². The summed E-state index contributed by atoms with van der Waals surface area (Å²) in [4.78, 5) is 35.0. The van der Waals surface area contributed by atoms with Crippen LogP contribution in [-0.4, -0.2) is 52.5 Å². The fourth-order valence-corrected chi connectivity index (χ4v) is 2.70. The van der Waals surface area contributed by atoms with Gasteiger partial charge in [0, 0.05) is 18.4 Å². The number of carbonyl (C=O) groups excluding carboxylic acids is 2. The van der Waals surface area contributed by atoms with Gasteiger partial charge in [0.2, 0.25) is 0 Å². The van der Waals surface area contributed by atoms with Gasteiger partial charge in [-0.25, -0.2) is 9.97 Å². The quantitative estimate of drug-likeness (QED) is 0.917. The normalized spacial score (nSPS) is 17.2. The minimum atomic E-state index is -0.704. The molecule has 1 N–H and O–H groups in total. The number of para-hydroxylation sites is 1. The van der Waals surface area contributed by atoms with Crippen LogP contribution in [0.4, 0.5) is 5.69 Å². The van der Waals surface area contributed by atoms with E-state index in [0.29, 0.717) is 35.9 Å². The van der Waals surface area contributed by atoms with E-state index < -0.39 is 6.10 Å². The molecule has 1 aromatic heterocycles. The second-order valence-corrected chi connectivity index (χ2v) is 5.88. The van der Waals surface area contributed by atoms with Crippen molar-refractivity contribution in [3.05, 3.63) is 53.6 Å². The van der Waals surface area contributed by atoms with Gasteiger partial charge in [0.05, 0.1) is 24.4 Å². The Morgan fingerprint density at radius 1 is 1.24 bits per heavy atom. The Bertz CT molecular complexity index is 779. The molecule has 7 heteroatoms. The molecule has 0 spiro atoms. The number of hydrogen-bond acceptors (Lipinski definition) is 5. The summed E-state index contributed by atoms with van der Waals surface area (Å²) in [5.41, 5.74) is 1.78. The first kappa shape index (κ1) is 17.0. The average Bonchev–Trinajstić information content (AvgIpc) is 2.62. The molecule has 2 aromatic rings. The molecule has 0 saturated carbocycles. The van der Waals surface area contributed by atoms with Crippen LogP contribution in [-0.2, 0) is 9.53 Å². The number of aryl methyl sites for hydroxylation is 2. The van der Waals surface area contributed by atoms with Crippen LogP contribution >= 0.6 is 0 Å². The number of amides is 2. The molecule has 2 heterocycles. The summed E-state index contributed by atoms with van der Waals surface area (Å²) in [7, 11) is 0. The topological polar surface area (TPSA) is 84.4 Å². The molecule has 0 radical (unpaired) electrons. The minimum Gasteiger partial charge on any atom is -0.365 e. The maximum atomic E-state index is 12.7. The van der Waals surface area contributed by atoms with E-state index in [1.807, 2.05) is 18.2 Å². The molecule has 1 aromatic carbocycles. The Morgan fingerprint density at radius 3 is 2.72 bits per heavy atom. The van der Waals surface area contributed by atoms with Crippen LogP contribution in [0.15, 0.2) is 36.5 Å². The lowest BCUT2D eigenvalue weighted by atomic mass is 10.1. The largest absolute Gasteiger partial charge is 0.365 e. The van der Waals surface area contributed by atoms with Gasteiger partial charge >= 0.3 is 0 Å². The molecule has 1 saturated heterocycles. The molecule has 1 aliphatic rings. The Hall–Kier alpha value is -2.80. The van der Waals surface area contributed by atoms with E-state index in [9.17, 15) is 9.59 Å². The first-order chi connectivity index (χ1) is 12.0. The van der Waals surface area contributed by atoms with Crippen LogP contribution in [0.25, 0.3) is 0 Å². The SMILES string of the molecule is Cc1ncc(C(=O)N2CCO[C@H](C(=O)Nc3ccccc3)C2)c(C)n1. The maximum absolute atomic E-state index is 12.7. The van der Waals surface area contributed by atoms with Crippen molar-refractivity contribution in [3.63, 3.8) is 0 Å². The van der Waals surface area contributed by atoms with E-state index in [4.69, 9.17) is 4.74 Å². The molecule has 2 amide bonds. The third-order valence-corrected chi connectivity index (χ3v) is 4.02. The molecule has 0 unspecified atom stereocenters. The van der Waals surface area contributed by atoms with Crippen LogP contribution < -0.4 is 5.32 Å². The Kier molecular flexibility index (Phi) is 5.04. The summed E-state index contributed by atoms with van der Waals surface area (Å²) in [6, 6.07) is 9.16. The number of ether oxygens (including phenoxy) is 1. The predicted octanol–water partition coefficient (Wildman–Crippen LogP) is 1.57. The van der Waals surface area contributed by atoms with Gasteiger partial charge in [-0.2, -0.15) is 0 Å². The summed E-state index contributed by atoms with van der Waals surface area (Å²) in [6.07, 6.45) is 0.832. The second kappa shape index (κ2) is 7.40. The zero-order valence-corrected chi connectivity index (χ0v) is 14.2. The summed E-state index contributed by atoms with van der Waals surface area (Å²) in [5, 5.41) is 2.80. The zero-order valence-electron chi connectivity index (χ0n) is 14.2. The predicted molar refractivity (Wildman–Crippen MR) is 92.2 cm³/mol. The number of rotatable bonds is 3. The van der Waals surface area contributed by atoms with Gasteiger partial charge in [-0.3, -0.25) is 9.59 Å². The van der Waals surface area contributed by atoms with Crippen molar-refractivity contribution in [2.45, 2.75) is 20.0 Å². The minimum absolute atomic E-state index is 0.182. The van der Waals surface area contributed by atoms with E-state index in [-0.39, 0.29) is 18.4 Å². The second-order valence-electron chi connectivity index (χ2n) is 5.88. The van der Waals surface area contributed by atoms with Crippen molar-refractivity contribution in [2.75, 3.05) is 25.0 Å². The number of hydrogen-bond donors (Lipinski definition) is 1. The van der Waals surface area contributed by atoms with Crippen molar-refractivity contribution < 1.29 is 14.3 Å². The third kappa shape index (κ3) is 4.00. The monoisotopic (exact) mass is 340 g/mol. The van der Waals surface area contributed by atoms with Crippen LogP contribution in [0.5, 0.6) is 0 Å². The van der Waals surface area contributed by atoms with Gasteiger partial charge in [-0.05, 0) is 26.0 Å². The molecule has 3 rings (SSSR count). The third-order valence-electron chi connectivity index (χ3n) is 4.02. The lowest BCUT2D eigenvalue weighted by Gasteiger charge is -2.32. The zero-order chi connectivity index (χ0) is 17.8. The van der Waals surface area contributed by atoms with E-state index in [2.05, 4.69) is 15.3 Å². The number of anilines is 1. The van der Waals surface area contributed by atoms with E-state index in [1.54, 1.807) is 30.9 Å². The number of carbonyl (C=O) groups is 2. The van der Waals surface area contributed by atoms with Gasteiger partial charge in [-0.1, -0.05) is 18.2 Å². The van der Waals surface area contributed by atoms with Crippen LogP contribution in [0.3, 0.4) is 0 Å². The number of nitrogens with one attached hydrogen (secondary N) is 1. The van der Waals surface area contributed by atoms with E-state index in [0.717, 1.165) is 0 Å². The van der Waals surface area contributed by atoms with Gasteiger partial charge in [0.15, 0.2) is 6.10 Å². The standard InChI is InChI=1S/C18H20N4O3/c1-12-15(10-19-13(2)20-12)18(24)22-8-9-25-16(11-22)17(23)21-14-6-4-3-5-7-14/h3-7,10,16H,8-9,11H2,1-2H3,(H,21,23)/t16-/m0/s1. The molecule has 0 aliphatic carbocycles. The summed E-state index contributed by atoms with van der Waals surface area (Å²) >= 11 is 0. The molecule has 130 valence electrons. The molecule has 1 atom stereocenters. The molecule has 0 bridgehead atoms. The molecule has 1 aliphatic heterocycles. The average molecular weight is 340 g/mol. The van der Waals surface area contributed by atoms with Crippen molar-refractivity contribution in [1.29, 1.82) is 0 Å². The molecule has 25 heavy (non-hydrogen) atoms. The van der Waals surface area contributed by atoms with E-state index >= 15 is 0 Å². The summed E-state index contributed by atoms with van der Waals surface area (Å²) in [6.45, 7) is 4.50. The highest BCUT2D eigenvalue weighted by atomic mass is 16.5. The Balaban J connectivity index is 1.68. The highest BCUT2D eigenvalue weighted by Crippen LogP contribution is 2.14. The van der Waals surface area contributed by atoms with Crippen LogP contribution in [0, 0.1) is 13.8 Å². The van der Waals surface area contributed by atoms with E-state index in [1.165, 1.54) is 6.20 Å². The molecule has 7 nitrogen and oxygen atoms in total. The van der Waals surface area contributed by atoms with Gasteiger partial charge in [0.25, 0.3) is 11.8 Å². The maximum Gasteiger partial charge on any atom is 0.257 e. The first-order valence-electron chi connectivity index (χ1n) is 8.11. The highest BCUT2D eigenvalue weighted by Gasteiger charge is 2.30. The Morgan fingerprint density at radius 2 is 2.00 bits per heavy atom. The van der Waals surface area contributed by atoms with Crippen LogP contribution in [0.1, 0.15) is 21.9 Å². The fraction of sp³-hybridized carbons (Fsp3) is 0.333. The van der Waals surface area contributed by atoms with Crippen molar-refractivity contribution in [2.24, 2.45) is 0 Å². The molecular formula is C18H20N4O3. The number of morpholine rings is 1. The lowest BCUT2D eigenvalue weighted by molar-refractivity contribution is -0.131. The number of benzene rings is 1. The highest BCUT2D eigenvalue weighted by molar-refractivity contribution is 5.97. The van der Waals surface area contributed by atoms with Gasteiger partial charge < -0.3 is 15.0 Å². The first-order valence-corrected chi connectivity index (χ1v) is 8.11. The van der Waals surface area contributed by atoms with Crippen LogP contribution in [0.2, 0.25) is 0 Å². The number of nitrogens with zero attached hydrogens (tertiary/aromatic N) is 3. The summed E-state index contributed by atoms with van der Waals surface area (Å²) in [5.74, 6) is 0.176. The number of aromatic nitrogens is 2. The van der Waals surface area contributed by atoms with Gasteiger partial charge in [-0.15, -0.1) is 0 Å². The van der Waals surface area contributed by atoms with Crippen molar-refractivity contribution in [3.8, 4) is 0 Å². The Labute approximate surface area is 146 Å².